The van der Waals surface area contributed by atoms with Crippen LogP contribution in [0, 0.1) is 0 Å². The summed E-state index contributed by atoms with van der Waals surface area (Å²) in [4.78, 5) is 17.3. The zero-order chi connectivity index (χ0) is 20.6. The van der Waals surface area contributed by atoms with Gasteiger partial charge in [0.1, 0.15) is 0 Å². The number of likely N-dealkylation sites (tertiary alicyclic amines) is 1. The Labute approximate surface area is 183 Å². The number of halogens is 2. The first-order valence-electron chi connectivity index (χ1n) is 10.2. The van der Waals surface area contributed by atoms with Gasteiger partial charge in [0.2, 0.25) is 5.91 Å². The van der Waals surface area contributed by atoms with Crippen LogP contribution in [0.25, 0.3) is 6.08 Å². The monoisotopic (exact) mass is 430 g/mol. The van der Waals surface area contributed by atoms with Crippen molar-refractivity contribution < 1.29 is 4.79 Å². The van der Waals surface area contributed by atoms with Gasteiger partial charge >= 0.3 is 0 Å². The van der Waals surface area contributed by atoms with Crippen molar-refractivity contribution in [2.45, 2.75) is 31.7 Å². The van der Waals surface area contributed by atoms with Gasteiger partial charge in [-0.2, -0.15) is 0 Å². The SMILES string of the molecule is CN(C(=O)CCC=Cc1ccc(Cl)c(Cl)c1)[C@H](CN1CCCC1)c1ccccc1. The predicted molar refractivity (Wildman–Crippen MR) is 122 cm³/mol. The van der Waals surface area contributed by atoms with Crippen LogP contribution in [0.2, 0.25) is 10.0 Å². The van der Waals surface area contributed by atoms with Gasteiger partial charge in [-0.15, -0.1) is 0 Å². The molecule has 2 aromatic rings. The number of benzene rings is 2. The summed E-state index contributed by atoms with van der Waals surface area (Å²) in [5, 5.41) is 1.09. The molecular weight excluding hydrogens is 403 g/mol. The van der Waals surface area contributed by atoms with E-state index in [0.29, 0.717) is 22.9 Å². The third-order valence-corrected chi connectivity index (χ3v) is 6.19. The summed E-state index contributed by atoms with van der Waals surface area (Å²) in [5.74, 6) is 0.164. The standard InChI is InChI=1S/C24H28Cl2N2O/c1-27(23(18-28-15-7-8-16-28)20-10-3-2-4-11-20)24(29)12-6-5-9-19-13-14-21(25)22(26)17-19/h2-5,9-11,13-14,17,23H,6-8,12,15-16,18H2,1H3/t23-/m1/s1. The minimum Gasteiger partial charge on any atom is -0.337 e. The molecule has 1 amide bonds. The van der Waals surface area contributed by atoms with Gasteiger partial charge in [-0.25, -0.2) is 0 Å². The number of likely N-dealkylation sites (N-methyl/N-ethyl adjacent to an activating group) is 1. The molecule has 2 aromatic carbocycles. The maximum Gasteiger partial charge on any atom is 0.223 e. The lowest BCUT2D eigenvalue weighted by molar-refractivity contribution is -0.132. The van der Waals surface area contributed by atoms with Crippen molar-refractivity contribution in [2.24, 2.45) is 0 Å². The van der Waals surface area contributed by atoms with E-state index in [0.717, 1.165) is 25.2 Å². The van der Waals surface area contributed by atoms with E-state index in [1.165, 1.54) is 18.4 Å². The van der Waals surface area contributed by atoms with Gasteiger partial charge in [0.05, 0.1) is 16.1 Å². The lowest BCUT2D eigenvalue weighted by Gasteiger charge is -2.32. The third kappa shape index (κ3) is 6.33. The van der Waals surface area contributed by atoms with Gasteiger partial charge in [0.25, 0.3) is 0 Å². The highest BCUT2D eigenvalue weighted by Gasteiger charge is 2.25. The Kier molecular flexibility index (Phi) is 8.17. The maximum absolute atomic E-state index is 12.9. The Morgan fingerprint density at radius 3 is 2.52 bits per heavy atom. The Morgan fingerprint density at radius 2 is 1.83 bits per heavy atom. The third-order valence-electron chi connectivity index (χ3n) is 5.45. The average Bonchev–Trinajstić information content (AvgIpc) is 3.25. The zero-order valence-corrected chi connectivity index (χ0v) is 18.4. The highest BCUT2D eigenvalue weighted by atomic mass is 35.5. The molecule has 0 bridgehead atoms. The van der Waals surface area contributed by atoms with Crippen molar-refractivity contribution in [1.29, 1.82) is 0 Å². The molecule has 0 radical (unpaired) electrons. The first-order valence-corrected chi connectivity index (χ1v) is 10.9. The minimum absolute atomic E-state index is 0.0841. The smallest absolute Gasteiger partial charge is 0.223 e. The molecule has 1 fully saturated rings. The zero-order valence-electron chi connectivity index (χ0n) is 16.9. The van der Waals surface area contributed by atoms with E-state index in [2.05, 4.69) is 17.0 Å². The number of amides is 1. The lowest BCUT2D eigenvalue weighted by atomic mass is 10.0. The fourth-order valence-electron chi connectivity index (χ4n) is 3.73. The number of hydrogen-bond donors (Lipinski definition) is 0. The van der Waals surface area contributed by atoms with Gasteiger partial charge in [-0.1, -0.05) is 71.8 Å². The molecule has 0 saturated carbocycles. The minimum atomic E-state index is 0.0841. The molecule has 1 aliphatic rings. The van der Waals surface area contributed by atoms with Gasteiger partial charge in [0, 0.05) is 20.0 Å². The fraction of sp³-hybridized carbons (Fsp3) is 0.375. The Balaban J connectivity index is 1.59. The van der Waals surface area contributed by atoms with Crippen LogP contribution in [-0.2, 0) is 4.79 Å². The van der Waals surface area contributed by atoms with E-state index in [9.17, 15) is 4.79 Å². The van der Waals surface area contributed by atoms with Crippen LogP contribution in [0.3, 0.4) is 0 Å². The average molecular weight is 431 g/mol. The van der Waals surface area contributed by atoms with Crippen LogP contribution >= 0.6 is 23.2 Å². The van der Waals surface area contributed by atoms with Gasteiger partial charge in [-0.3, -0.25) is 4.79 Å². The van der Waals surface area contributed by atoms with E-state index in [-0.39, 0.29) is 11.9 Å². The summed E-state index contributed by atoms with van der Waals surface area (Å²) < 4.78 is 0. The molecule has 1 atom stereocenters. The lowest BCUT2D eigenvalue weighted by Crippen LogP contribution is -2.38. The van der Waals surface area contributed by atoms with E-state index < -0.39 is 0 Å². The van der Waals surface area contributed by atoms with Crippen molar-refractivity contribution in [3.05, 3.63) is 75.8 Å². The van der Waals surface area contributed by atoms with Crippen LogP contribution < -0.4 is 0 Å². The van der Waals surface area contributed by atoms with Crippen molar-refractivity contribution >= 4 is 35.2 Å². The van der Waals surface area contributed by atoms with Crippen LogP contribution in [0.5, 0.6) is 0 Å². The van der Waals surface area contributed by atoms with Crippen LogP contribution in [0.15, 0.2) is 54.6 Å². The van der Waals surface area contributed by atoms with Crippen molar-refractivity contribution in [2.75, 3.05) is 26.7 Å². The van der Waals surface area contributed by atoms with Crippen molar-refractivity contribution in [3.8, 4) is 0 Å². The molecule has 0 spiro atoms. The maximum atomic E-state index is 12.9. The number of carbonyl (C=O) groups is 1. The van der Waals surface area contributed by atoms with E-state index >= 15 is 0 Å². The summed E-state index contributed by atoms with van der Waals surface area (Å²) in [6.07, 6.45) is 7.67. The van der Waals surface area contributed by atoms with E-state index in [1.807, 2.05) is 54.4 Å². The van der Waals surface area contributed by atoms with Crippen LogP contribution in [0.4, 0.5) is 0 Å². The number of carbonyl (C=O) groups excluding carboxylic acids is 1. The highest BCUT2D eigenvalue weighted by Crippen LogP contribution is 2.25. The highest BCUT2D eigenvalue weighted by molar-refractivity contribution is 6.42. The van der Waals surface area contributed by atoms with Crippen molar-refractivity contribution in [1.82, 2.24) is 9.80 Å². The molecule has 3 rings (SSSR count). The first-order chi connectivity index (χ1) is 14.0. The second-order valence-electron chi connectivity index (χ2n) is 7.55. The molecule has 3 nitrogen and oxygen atoms in total. The molecule has 154 valence electrons. The first kappa shape index (κ1) is 21.9. The fourth-order valence-corrected chi connectivity index (χ4v) is 4.04. The molecule has 1 saturated heterocycles. The predicted octanol–water partition coefficient (Wildman–Crippen LogP) is 6.08. The summed E-state index contributed by atoms with van der Waals surface area (Å²) >= 11 is 12.0. The summed E-state index contributed by atoms with van der Waals surface area (Å²) in [7, 11) is 1.93. The Bertz CT molecular complexity index is 832. The normalized spacial score (nSPS) is 15.7. The quantitative estimate of drug-likeness (QED) is 0.506. The number of rotatable bonds is 8. The van der Waals surface area contributed by atoms with Gasteiger partial charge < -0.3 is 9.80 Å². The van der Waals surface area contributed by atoms with E-state index in [4.69, 9.17) is 23.2 Å². The van der Waals surface area contributed by atoms with Gasteiger partial charge in [0.15, 0.2) is 0 Å². The molecule has 0 N–H and O–H groups in total. The van der Waals surface area contributed by atoms with Gasteiger partial charge in [-0.05, 0) is 55.6 Å². The van der Waals surface area contributed by atoms with E-state index in [1.54, 1.807) is 6.07 Å². The largest absolute Gasteiger partial charge is 0.337 e. The summed E-state index contributed by atoms with van der Waals surface area (Å²) in [6, 6.07) is 16.0. The molecule has 29 heavy (non-hydrogen) atoms. The molecule has 0 aromatic heterocycles. The second kappa shape index (κ2) is 10.8. The molecule has 1 heterocycles. The number of allylic oxidation sites excluding steroid dienone is 1. The molecular formula is C24H28Cl2N2O. The summed E-state index contributed by atoms with van der Waals surface area (Å²) in [6.45, 7) is 3.14. The summed E-state index contributed by atoms with van der Waals surface area (Å²) in [5.41, 5.74) is 2.18. The molecule has 5 heteroatoms. The Hall–Kier alpha value is -1.81. The molecule has 0 unspecified atom stereocenters. The molecule has 0 aliphatic carbocycles. The van der Waals surface area contributed by atoms with Crippen LogP contribution in [-0.4, -0.2) is 42.4 Å². The number of hydrogen-bond acceptors (Lipinski definition) is 2. The topological polar surface area (TPSA) is 23.6 Å². The number of nitrogens with zero attached hydrogens (tertiary/aromatic N) is 2. The Morgan fingerprint density at radius 1 is 1.10 bits per heavy atom. The van der Waals surface area contributed by atoms with Crippen molar-refractivity contribution in [3.63, 3.8) is 0 Å². The van der Waals surface area contributed by atoms with Crippen LogP contribution in [0.1, 0.15) is 42.9 Å². The second-order valence-corrected chi connectivity index (χ2v) is 8.37. The molecule has 1 aliphatic heterocycles.